The molecule has 0 aromatic carbocycles. The molecule has 0 heterocycles. The van der Waals surface area contributed by atoms with Gasteiger partial charge in [-0.15, -0.1) is 0 Å². The lowest BCUT2D eigenvalue weighted by molar-refractivity contribution is -0.151. The number of nitrogens with zero attached hydrogens (tertiary/aromatic N) is 1. The highest BCUT2D eigenvalue weighted by Gasteiger charge is 2.27. The second-order valence-electron chi connectivity index (χ2n) is 3.40. The van der Waals surface area contributed by atoms with Gasteiger partial charge in [-0.05, 0) is 19.3 Å². The summed E-state index contributed by atoms with van der Waals surface area (Å²) in [4.78, 5) is 11.0. The van der Waals surface area contributed by atoms with E-state index < -0.39 is 0 Å². The van der Waals surface area contributed by atoms with Crippen molar-refractivity contribution in [2.75, 3.05) is 0 Å². The Morgan fingerprint density at radius 1 is 1.54 bits per heavy atom. The second kappa shape index (κ2) is 4.86. The Morgan fingerprint density at radius 3 is 2.85 bits per heavy atom. The number of rotatable bonds is 2. The summed E-state index contributed by atoms with van der Waals surface area (Å²) in [6, 6.07) is 2.21. The molecule has 0 N–H and O–H groups in total. The van der Waals surface area contributed by atoms with E-state index in [0.717, 1.165) is 25.7 Å². The fourth-order valence-corrected chi connectivity index (χ4v) is 1.64. The third kappa shape index (κ3) is 2.73. The van der Waals surface area contributed by atoms with E-state index in [1.54, 1.807) is 6.92 Å². The SMILES string of the molecule is CCC(=O)O[C@H]1CCCC[C@H]1C#N. The molecule has 0 aliphatic heterocycles. The molecule has 0 saturated heterocycles. The van der Waals surface area contributed by atoms with Crippen molar-refractivity contribution in [3.63, 3.8) is 0 Å². The first kappa shape index (κ1) is 10.0. The Balaban J connectivity index is 2.46. The molecule has 1 fully saturated rings. The van der Waals surface area contributed by atoms with Crippen molar-refractivity contribution in [2.45, 2.75) is 45.1 Å². The number of nitriles is 1. The lowest BCUT2D eigenvalue weighted by atomic mass is 9.87. The molecule has 1 aliphatic rings. The monoisotopic (exact) mass is 181 g/mol. The Bertz CT molecular complexity index is 219. The van der Waals surface area contributed by atoms with Gasteiger partial charge in [-0.2, -0.15) is 5.26 Å². The molecule has 0 radical (unpaired) electrons. The van der Waals surface area contributed by atoms with Crippen LogP contribution < -0.4 is 0 Å². The molecule has 0 unspecified atom stereocenters. The molecule has 1 rings (SSSR count). The number of hydrogen-bond donors (Lipinski definition) is 0. The lowest BCUT2D eigenvalue weighted by Gasteiger charge is -2.26. The van der Waals surface area contributed by atoms with E-state index in [4.69, 9.17) is 10.00 Å². The molecule has 0 amide bonds. The summed E-state index contributed by atoms with van der Waals surface area (Å²) in [7, 11) is 0. The smallest absolute Gasteiger partial charge is 0.305 e. The maximum atomic E-state index is 11.0. The minimum Gasteiger partial charge on any atom is -0.461 e. The second-order valence-corrected chi connectivity index (χ2v) is 3.40. The van der Waals surface area contributed by atoms with Gasteiger partial charge >= 0.3 is 5.97 Å². The van der Waals surface area contributed by atoms with E-state index in [1.807, 2.05) is 0 Å². The highest BCUT2D eigenvalue weighted by atomic mass is 16.5. The predicted molar refractivity (Wildman–Crippen MR) is 47.7 cm³/mol. The van der Waals surface area contributed by atoms with Crippen molar-refractivity contribution in [2.24, 2.45) is 5.92 Å². The molecule has 0 bridgehead atoms. The van der Waals surface area contributed by atoms with Crippen LogP contribution in [0.1, 0.15) is 39.0 Å². The fraction of sp³-hybridized carbons (Fsp3) is 0.800. The molecule has 3 heteroatoms. The number of ether oxygens (including phenoxy) is 1. The Hall–Kier alpha value is -1.04. The van der Waals surface area contributed by atoms with E-state index in [9.17, 15) is 4.79 Å². The van der Waals surface area contributed by atoms with Gasteiger partial charge in [0.05, 0.1) is 12.0 Å². The highest BCUT2D eigenvalue weighted by Crippen LogP contribution is 2.26. The Labute approximate surface area is 78.7 Å². The zero-order valence-electron chi connectivity index (χ0n) is 7.95. The van der Waals surface area contributed by atoms with Crippen LogP contribution in [0.4, 0.5) is 0 Å². The van der Waals surface area contributed by atoms with Gasteiger partial charge in [0.15, 0.2) is 0 Å². The van der Waals surface area contributed by atoms with Gasteiger partial charge in [0.2, 0.25) is 0 Å². The van der Waals surface area contributed by atoms with Crippen molar-refractivity contribution in [3.8, 4) is 6.07 Å². The number of carbonyl (C=O) groups is 1. The van der Waals surface area contributed by atoms with E-state index in [1.165, 1.54) is 0 Å². The van der Waals surface area contributed by atoms with Crippen LogP contribution in [-0.2, 0) is 9.53 Å². The third-order valence-electron chi connectivity index (χ3n) is 2.44. The molecule has 13 heavy (non-hydrogen) atoms. The standard InChI is InChI=1S/C10H15NO2/c1-2-10(12)13-9-6-4-3-5-8(9)7-11/h8-9H,2-6H2,1H3/t8-,9-/m0/s1. The van der Waals surface area contributed by atoms with Gasteiger partial charge in [0, 0.05) is 6.42 Å². The van der Waals surface area contributed by atoms with Crippen molar-refractivity contribution in [1.82, 2.24) is 0 Å². The molecule has 0 aromatic rings. The van der Waals surface area contributed by atoms with Gasteiger partial charge in [0.25, 0.3) is 0 Å². The average Bonchev–Trinajstić information content (AvgIpc) is 2.18. The molecular formula is C10H15NO2. The summed E-state index contributed by atoms with van der Waals surface area (Å²) in [6.07, 6.45) is 4.13. The third-order valence-corrected chi connectivity index (χ3v) is 2.44. The molecule has 0 aromatic heterocycles. The van der Waals surface area contributed by atoms with Crippen LogP contribution in [0.3, 0.4) is 0 Å². The summed E-state index contributed by atoms with van der Waals surface area (Å²) >= 11 is 0. The molecule has 3 nitrogen and oxygen atoms in total. The van der Waals surface area contributed by atoms with Crippen molar-refractivity contribution >= 4 is 5.97 Å². The van der Waals surface area contributed by atoms with E-state index >= 15 is 0 Å². The van der Waals surface area contributed by atoms with Gasteiger partial charge in [0.1, 0.15) is 6.10 Å². The minimum atomic E-state index is -0.188. The van der Waals surface area contributed by atoms with Crippen LogP contribution in [0, 0.1) is 17.2 Å². The number of carbonyl (C=O) groups excluding carboxylic acids is 1. The van der Waals surface area contributed by atoms with Gasteiger partial charge in [-0.1, -0.05) is 13.3 Å². The Morgan fingerprint density at radius 2 is 2.23 bits per heavy atom. The first-order valence-corrected chi connectivity index (χ1v) is 4.87. The largest absolute Gasteiger partial charge is 0.461 e. The molecule has 0 spiro atoms. The van der Waals surface area contributed by atoms with E-state index in [0.29, 0.717) is 6.42 Å². The van der Waals surface area contributed by atoms with Crippen molar-refractivity contribution in [1.29, 1.82) is 5.26 Å². The van der Waals surface area contributed by atoms with E-state index in [-0.39, 0.29) is 18.0 Å². The molecule has 1 saturated carbocycles. The van der Waals surface area contributed by atoms with E-state index in [2.05, 4.69) is 6.07 Å². The van der Waals surface area contributed by atoms with Crippen LogP contribution in [0.2, 0.25) is 0 Å². The van der Waals surface area contributed by atoms with Crippen LogP contribution in [-0.4, -0.2) is 12.1 Å². The van der Waals surface area contributed by atoms with Gasteiger partial charge in [-0.25, -0.2) is 0 Å². The quantitative estimate of drug-likeness (QED) is 0.612. The predicted octanol–water partition coefficient (Wildman–Crippen LogP) is 2.02. The summed E-state index contributed by atoms with van der Waals surface area (Å²) in [5.74, 6) is -0.267. The zero-order chi connectivity index (χ0) is 9.68. The van der Waals surface area contributed by atoms with Crippen LogP contribution in [0.15, 0.2) is 0 Å². The first-order valence-electron chi connectivity index (χ1n) is 4.87. The van der Waals surface area contributed by atoms with Crippen LogP contribution >= 0.6 is 0 Å². The number of esters is 1. The summed E-state index contributed by atoms with van der Waals surface area (Å²) < 4.78 is 5.18. The lowest BCUT2D eigenvalue weighted by Crippen LogP contribution is -2.28. The first-order chi connectivity index (χ1) is 6.27. The summed E-state index contributed by atoms with van der Waals surface area (Å²) in [5, 5.41) is 8.81. The maximum Gasteiger partial charge on any atom is 0.305 e. The average molecular weight is 181 g/mol. The summed E-state index contributed by atoms with van der Waals surface area (Å²) in [6.45, 7) is 1.77. The van der Waals surface area contributed by atoms with Crippen molar-refractivity contribution < 1.29 is 9.53 Å². The maximum absolute atomic E-state index is 11.0. The zero-order valence-corrected chi connectivity index (χ0v) is 7.95. The van der Waals surface area contributed by atoms with Crippen LogP contribution in [0.5, 0.6) is 0 Å². The molecule has 1 aliphatic carbocycles. The van der Waals surface area contributed by atoms with Crippen molar-refractivity contribution in [3.05, 3.63) is 0 Å². The summed E-state index contributed by atoms with van der Waals surface area (Å²) in [5.41, 5.74) is 0. The van der Waals surface area contributed by atoms with Gasteiger partial charge < -0.3 is 4.74 Å². The fourth-order valence-electron chi connectivity index (χ4n) is 1.64. The minimum absolute atomic E-state index is 0.0794. The van der Waals surface area contributed by atoms with Crippen LogP contribution in [0.25, 0.3) is 0 Å². The Kier molecular flexibility index (Phi) is 3.75. The number of hydrogen-bond acceptors (Lipinski definition) is 3. The topological polar surface area (TPSA) is 50.1 Å². The highest BCUT2D eigenvalue weighted by molar-refractivity contribution is 5.69. The molecule has 2 atom stereocenters. The molecular weight excluding hydrogens is 166 g/mol. The normalized spacial score (nSPS) is 27.7. The molecule has 72 valence electrons. The van der Waals surface area contributed by atoms with Gasteiger partial charge in [-0.3, -0.25) is 4.79 Å².